The minimum Gasteiger partial charge on any atom is -0.508 e. The van der Waals surface area contributed by atoms with Crippen LogP contribution in [-0.2, 0) is 6.42 Å². The van der Waals surface area contributed by atoms with Gasteiger partial charge in [0.05, 0.1) is 0 Å². The van der Waals surface area contributed by atoms with E-state index < -0.39 is 0 Å². The van der Waals surface area contributed by atoms with E-state index in [1.807, 2.05) is 51.1 Å². The Balaban J connectivity index is 1.73. The van der Waals surface area contributed by atoms with Crippen molar-refractivity contribution >= 4 is 27.2 Å². The van der Waals surface area contributed by atoms with Crippen molar-refractivity contribution in [1.82, 2.24) is 5.32 Å². The van der Waals surface area contributed by atoms with Crippen LogP contribution in [0.2, 0.25) is 0 Å². The van der Waals surface area contributed by atoms with Gasteiger partial charge >= 0.3 is 0 Å². The highest BCUT2D eigenvalue weighted by molar-refractivity contribution is 7.21. The van der Waals surface area contributed by atoms with E-state index in [1.54, 1.807) is 12.1 Å². The molecule has 0 aliphatic carbocycles. The molecule has 5 heteroatoms. The number of nitrogens with one attached hydrogen (secondary N) is 1. The quantitative estimate of drug-likeness (QED) is 0.227. The number of phenolic OH excluding ortho intramolecular Hbond substituents is 1. The molecule has 0 fully saturated rings. The van der Waals surface area contributed by atoms with Gasteiger partial charge in [-0.2, -0.15) is 0 Å². The number of ketones is 1. The number of carbonyl (C=O) groups excluding carboxylic acids is 1. The van der Waals surface area contributed by atoms with Gasteiger partial charge < -0.3 is 15.2 Å². The number of aromatic hydroxyl groups is 1. The van der Waals surface area contributed by atoms with Crippen molar-refractivity contribution in [2.45, 2.75) is 34.1 Å². The normalized spacial score (nSPS) is 11.2. The van der Waals surface area contributed by atoms with Crippen LogP contribution in [-0.4, -0.2) is 24.0 Å². The molecule has 2 N–H and O–H groups in total. The summed E-state index contributed by atoms with van der Waals surface area (Å²) < 4.78 is 7.14. The van der Waals surface area contributed by atoms with E-state index >= 15 is 0 Å². The second kappa shape index (κ2) is 9.77. The molecule has 33 heavy (non-hydrogen) atoms. The number of rotatable bonds is 8. The zero-order chi connectivity index (χ0) is 23.5. The molecule has 0 spiro atoms. The van der Waals surface area contributed by atoms with Gasteiger partial charge in [-0.3, -0.25) is 4.79 Å². The lowest BCUT2D eigenvalue weighted by molar-refractivity contribution is 0.103. The summed E-state index contributed by atoms with van der Waals surface area (Å²) in [5.74, 6) is 1.34. The molecule has 3 aromatic carbocycles. The summed E-state index contributed by atoms with van der Waals surface area (Å²) in [6, 6.07) is 17.2. The Bertz CT molecular complexity index is 1280. The van der Waals surface area contributed by atoms with Crippen molar-refractivity contribution in [3.63, 3.8) is 0 Å². The molecule has 0 saturated heterocycles. The molecule has 0 amide bonds. The highest BCUT2D eigenvalue weighted by Gasteiger charge is 2.24. The predicted octanol–water partition coefficient (Wildman–Crippen LogP) is 6.71. The molecule has 0 radical (unpaired) electrons. The summed E-state index contributed by atoms with van der Waals surface area (Å²) in [5, 5.41) is 14.1. The Morgan fingerprint density at radius 2 is 1.70 bits per heavy atom. The van der Waals surface area contributed by atoms with Crippen molar-refractivity contribution in [1.29, 1.82) is 0 Å². The van der Waals surface area contributed by atoms with E-state index in [1.165, 1.54) is 16.9 Å². The summed E-state index contributed by atoms with van der Waals surface area (Å²) in [4.78, 5) is 14.3. The van der Waals surface area contributed by atoms with Gasteiger partial charge in [0.25, 0.3) is 0 Å². The molecular formula is C28H29NO3S. The number of aryl methyl sites for hydroxylation is 3. The first kappa shape index (κ1) is 23.0. The zero-order valence-electron chi connectivity index (χ0n) is 19.5. The third kappa shape index (κ3) is 4.95. The van der Waals surface area contributed by atoms with Crippen LogP contribution in [0.1, 0.15) is 44.4 Å². The Kier molecular flexibility index (Phi) is 6.82. The van der Waals surface area contributed by atoms with E-state index in [4.69, 9.17) is 4.74 Å². The van der Waals surface area contributed by atoms with Crippen LogP contribution in [0, 0.1) is 20.8 Å². The lowest BCUT2D eigenvalue weighted by Crippen LogP contribution is -2.15. The summed E-state index contributed by atoms with van der Waals surface area (Å²) in [6.07, 6.45) is 0.949. The largest absolute Gasteiger partial charge is 0.508 e. The molecule has 4 nitrogen and oxygen atoms in total. The highest BCUT2D eigenvalue weighted by atomic mass is 32.1. The molecule has 0 unspecified atom stereocenters. The monoisotopic (exact) mass is 459 g/mol. The molecule has 170 valence electrons. The fourth-order valence-electron chi connectivity index (χ4n) is 4.22. The SMILES string of the molecule is CCNCCc1ccc(Oc2c(C(=O)c3c(C)cc(C)cc3C)sc3cc(O)ccc23)cc1. The molecule has 4 aromatic rings. The van der Waals surface area contributed by atoms with Crippen LogP contribution in [0.5, 0.6) is 17.2 Å². The van der Waals surface area contributed by atoms with Crippen molar-refractivity contribution < 1.29 is 14.6 Å². The summed E-state index contributed by atoms with van der Waals surface area (Å²) in [6.45, 7) is 9.97. The van der Waals surface area contributed by atoms with E-state index in [2.05, 4.69) is 24.4 Å². The highest BCUT2D eigenvalue weighted by Crippen LogP contribution is 2.43. The Labute approximate surface area is 198 Å². The van der Waals surface area contributed by atoms with E-state index in [0.29, 0.717) is 21.9 Å². The van der Waals surface area contributed by atoms with Gasteiger partial charge in [-0.25, -0.2) is 0 Å². The van der Waals surface area contributed by atoms with Gasteiger partial charge in [0.1, 0.15) is 16.4 Å². The van der Waals surface area contributed by atoms with Crippen LogP contribution < -0.4 is 10.1 Å². The molecule has 1 aromatic heterocycles. The molecule has 0 aliphatic rings. The number of likely N-dealkylation sites (N-methyl/N-ethyl adjacent to an activating group) is 1. The molecule has 1 heterocycles. The summed E-state index contributed by atoms with van der Waals surface area (Å²) in [5.41, 5.74) is 4.97. The van der Waals surface area contributed by atoms with Gasteiger partial charge in [-0.05, 0) is 87.3 Å². The Morgan fingerprint density at radius 1 is 1.00 bits per heavy atom. The van der Waals surface area contributed by atoms with Crippen molar-refractivity contribution in [2.75, 3.05) is 13.1 Å². The number of benzene rings is 3. The Morgan fingerprint density at radius 3 is 2.36 bits per heavy atom. The maximum atomic E-state index is 13.7. The molecule has 0 bridgehead atoms. The molecule has 0 saturated carbocycles. The first-order valence-corrected chi connectivity index (χ1v) is 12.0. The lowest BCUT2D eigenvalue weighted by Gasteiger charge is -2.12. The average molecular weight is 460 g/mol. The van der Waals surface area contributed by atoms with Crippen molar-refractivity contribution in [3.8, 4) is 17.2 Å². The number of phenols is 1. The third-order valence-electron chi connectivity index (χ3n) is 5.72. The number of thiophene rings is 1. The Hall–Kier alpha value is -3.15. The fourth-order valence-corrected chi connectivity index (χ4v) is 5.33. The number of fused-ring (bicyclic) bond motifs is 1. The summed E-state index contributed by atoms with van der Waals surface area (Å²) >= 11 is 1.36. The van der Waals surface area contributed by atoms with E-state index in [-0.39, 0.29) is 11.5 Å². The molecule has 4 rings (SSSR count). The maximum absolute atomic E-state index is 13.7. The molecule has 0 atom stereocenters. The standard InChI is InChI=1S/C28H29NO3S/c1-5-29-13-12-20-6-9-22(10-7-20)32-27-23-11-8-21(30)16-24(23)33-28(27)26(31)25-18(3)14-17(2)15-19(25)4/h6-11,14-16,29-30H,5,12-13H2,1-4H3. The molecular weight excluding hydrogens is 430 g/mol. The molecule has 0 aliphatic heterocycles. The minimum atomic E-state index is -0.0528. The van der Waals surface area contributed by atoms with Gasteiger partial charge in [0, 0.05) is 15.6 Å². The first-order chi connectivity index (χ1) is 15.9. The third-order valence-corrected chi connectivity index (χ3v) is 6.85. The van der Waals surface area contributed by atoms with Crippen LogP contribution in [0.15, 0.2) is 54.6 Å². The average Bonchev–Trinajstić information content (AvgIpc) is 3.11. The summed E-state index contributed by atoms with van der Waals surface area (Å²) in [7, 11) is 0. The smallest absolute Gasteiger partial charge is 0.207 e. The van der Waals surface area contributed by atoms with Crippen LogP contribution in [0.4, 0.5) is 0 Å². The number of hydrogen-bond donors (Lipinski definition) is 2. The van der Waals surface area contributed by atoms with Gasteiger partial charge in [0.2, 0.25) is 5.78 Å². The van der Waals surface area contributed by atoms with Crippen molar-refractivity contribution in [3.05, 3.63) is 87.3 Å². The van der Waals surface area contributed by atoms with Gasteiger partial charge in [-0.15, -0.1) is 11.3 Å². The van der Waals surface area contributed by atoms with Gasteiger partial charge in [-0.1, -0.05) is 36.8 Å². The van der Waals surface area contributed by atoms with E-state index in [0.717, 1.165) is 46.3 Å². The van der Waals surface area contributed by atoms with Crippen LogP contribution in [0.3, 0.4) is 0 Å². The lowest BCUT2D eigenvalue weighted by atomic mass is 9.95. The predicted molar refractivity (Wildman–Crippen MR) is 136 cm³/mol. The van der Waals surface area contributed by atoms with Crippen molar-refractivity contribution in [2.24, 2.45) is 0 Å². The number of carbonyl (C=O) groups is 1. The van der Waals surface area contributed by atoms with Crippen LogP contribution >= 0.6 is 11.3 Å². The maximum Gasteiger partial charge on any atom is 0.207 e. The zero-order valence-corrected chi connectivity index (χ0v) is 20.3. The first-order valence-electron chi connectivity index (χ1n) is 11.2. The number of hydrogen-bond acceptors (Lipinski definition) is 5. The van der Waals surface area contributed by atoms with Gasteiger partial charge in [0.15, 0.2) is 5.75 Å². The second-order valence-corrected chi connectivity index (χ2v) is 9.45. The topological polar surface area (TPSA) is 58.6 Å². The van der Waals surface area contributed by atoms with E-state index in [9.17, 15) is 9.90 Å². The van der Waals surface area contributed by atoms with Crippen LogP contribution in [0.25, 0.3) is 10.1 Å². The fraction of sp³-hybridized carbons (Fsp3) is 0.250. The second-order valence-electron chi connectivity index (χ2n) is 8.39. The minimum absolute atomic E-state index is 0.0528. The number of ether oxygens (including phenoxy) is 1.